The Morgan fingerprint density at radius 2 is 1.58 bits per heavy atom. The first-order valence-corrected chi connectivity index (χ1v) is 9.45. The molecule has 0 unspecified atom stereocenters. The standard InChI is InChI=1S/C18H21N3O4S/c1-13-8-9-16(10-14(13)2)26(24,25)20-12-17(22)19-11-18(23)21-15-6-4-3-5-7-15/h3-10,20H,11-12H2,1-2H3,(H,19,22)(H,21,23). The van der Waals surface area contributed by atoms with Crippen LogP contribution in [-0.4, -0.2) is 33.3 Å². The fourth-order valence-corrected chi connectivity index (χ4v) is 3.16. The Kier molecular flexibility index (Phi) is 6.48. The molecule has 0 bridgehead atoms. The smallest absolute Gasteiger partial charge is 0.243 e. The Hall–Kier alpha value is -2.71. The van der Waals surface area contributed by atoms with Crippen molar-refractivity contribution in [2.24, 2.45) is 0 Å². The van der Waals surface area contributed by atoms with Crippen LogP contribution >= 0.6 is 0 Å². The molecule has 0 heterocycles. The summed E-state index contributed by atoms with van der Waals surface area (Å²) in [6, 6.07) is 13.5. The van der Waals surface area contributed by atoms with Crippen molar-refractivity contribution in [3.05, 3.63) is 59.7 Å². The van der Waals surface area contributed by atoms with E-state index in [0.717, 1.165) is 11.1 Å². The van der Waals surface area contributed by atoms with Gasteiger partial charge in [0.2, 0.25) is 21.8 Å². The maximum Gasteiger partial charge on any atom is 0.243 e. The molecule has 26 heavy (non-hydrogen) atoms. The summed E-state index contributed by atoms with van der Waals surface area (Å²) in [4.78, 5) is 23.6. The van der Waals surface area contributed by atoms with Crippen LogP contribution in [0.2, 0.25) is 0 Å². The lowest BCUT2D eigenvalue weighted by Gasteiger charge is -2.09. The zero-order chi connectivity index (χ0) is 19.2. The number of amides is 2. The minimum Gasteiger partial charge on any atom is -0.346 e. The van der Waals surface area contributed by atoms with Crippen LogP contribution in [0.3, 0.4) is 0 Å². The van der Waals surface area contributed by atoms with E-state index >= 15 is 0 Å². The molecule has 0 atom stereocenters. The molecular weight excluding hydrogens is 354 g/mol. The highest BCUT2D eigenvalue weighted by atomic mass is 32.2. The fourth-order valence-electron chi connectivity index (χ4n) is 2.09. The molecule has 0 saturated carbocycles. The third-order valence-electron chi connectivity index (χ3n) is 3.72. The van der Waals surface area contributed by atoms with Crippen molar-refractivity contribution in [1.82, 2.24) is 10.0 Å². The van der Waals surface area contributed by atoms with Gasteiger partial charge in [-0.1, -0.05) is 24.3 Å². The molecule has 2 aromatic carbocycles. The van der Waals surface area contributed by atoms with Gasteiger partial charge in [-0.2, -0.15) is 0 Å². The molecule has 0 aliphatic carbocycles. The van der Waals surface area contributed by atoms with E-state index in [1.165, 1.54) is 6.07 Å². The van der Waals surface area contributed by atoms with Gasteiger partial charge in [0.15, 0.2) is 0 Å². The second kappa shape index (κ2) is 8.59. The van der Waals surface area contributed by atoms with Gasteiger partial charge in [-0.05, 0) is 49.2 Å². The number of hydrogen-bond acceptors (Lipinski definition) is 4. The van der Waals surface area contributed by atoms with Gasteiger partial charge in [-0.3, -0.25) is 9.59 Å². The van der Waals surface area contributed by atoms with Gasteiger partial charge >= 0.3 is 0 Å². The number of carbonyl (C=O) groups excluding carboxylic acids is 2. The average Bonchev–Trinajstić information content (AvgIpc) is 2.61. The SMILES string of the molecule is Cc1ccc(S(=O)(=O)NCC(=O)NCC(=O)Nc2ccccc2)cc1C. The van der Waals surface area contributed by atoms with Crippen molar-refractivity contribution in [1.29, 1.82) is 0 Å². The maximum atomic E-state index is 12.2. The molecule has 0 radical (unpaired) electrons. The van der Waals surface area contributed by atoms with Crippen molar-refractivity contribution in [2.75, 3.05) is 18.4 Å². The second-order valence-corrected chi connectivity index (χ2v) is 7.53. The highest BCUT2D eigenvalue weighted by Gasteiger charge is 2.16. The zero-order valence-electron chi connectivity index (χ0n) is 14.6. The Morgan fingerprint density at radius 1 is 0.885 bits per heavy atom. The predicted molar refractivity (Wildman–Crippen MR) is 99.2 cm³/mol. The molecule has 3 N–H and O–H groups in total. The van der Waals surface area contributed by atoms with Crippen LogP contribution in [0, 0.1) is 13.8 Å². The van der Waals surface area contributed by atoms with Crippen LogP contribution in [-0.2, 0) is 19.6 Å². The quantitative estimate of drug-likeness (QED) is 0.679. The molecule has 2 aromatic rings. The number of nitrogens with one attached hydrogen (secondary N) is 3. The molecule has 8 heteroatoms. The summed E-state index contributed by atoms with van der Waals surface area (Å²) in [6.07, 6.45) is 0. The van der Waals surface area contributed by atoms with Crippen molar-refractivity contribution in [2.45, 2.75) is 18.7 Å². The van der Waals surface area contributed by atoms with E-state index in [0.29, 0.717) is 5.69 Å². The molecule has 0 aliphatic heterocycles. The van der Waals surface area contributed by atoms with Crippen molar-refractivity contribution < 1.29 is 18.0 Å². The van der Waals surface area contributed by atoms with Gasteiger partial charge < -0.3 is 10.6 Å². The number of carbonyl (C=O) groups is 2. The lowest BCUT2D eigenvalue weighted by Crippen LogP contribution is -2.40. The van der Waals surface area contributed by atoms with E-state index in [9.17, 15) is 18.0 Å². The van der Waals surface area contributed by atoms with E-state index in [2.05, 4.69) is 15.4 Å². The van der Waals surface area contributed by atoms with Crippen molar-refractivity contribution in [3.8, 4) is 0 Å². The molecular formula is C18H21N3O4S. The number of para-hydroxylation sites is 1. The van der Waals surface area contributed by atoms with Gasteiger partial charge in [-0.25, -0.2) is 13.1 Å². The number of rotatable bonds is 7. The number of hydrogen-bond donors (Lipinski definition) is 3. The van der Waals surface area contributed by atoms with E-state index in [4.69, 9.17) is 0 Å². The number of anilines is 1. The van der Waals surface area contributed by atoms with E-state index in [1.807, 2.05) is 19.9 Å². The monoisotopic (exact) mass is 375 g/mol. The summed E-state index contributed by atoms with van der Waals surface area (Å²) >= 11 is 0. The molecule has 0 fully saturated rings. The Bertz CT molecular complexity index is 896. The Balaban J connectivity index is 1.82. The summed E-state index contributed by atoms with van der Waals surface area (Å²) in [5, 5.41) is 4.98. The first-order chi connectivity index (χ1) is 12.3. The van der Waals surface area contributed by atoms with Crippen LogP contribution in [0.25, 0.3) is 0 Å². The minimum atomic E-state index is -3.79. The van der Waals surface area contributed by atoms with Crippen molar-refractivity contribution in [3.63, 3.8) is 0 Å². The first kappa shape index (κ1) is 19.6. The molecule has 0 spiro atoms. The van der Waals surface area contributed by atoms with Gasteiger partial charge in [0.25, 0.3) is 0 Å². The summed E-state index contributed by atoms with van der Waals surface area (Å²) < 4.78 is 26.6. The van der Waals surface area contributed by atoms with E-state index < -0.39 is 28.4 Å². The van der Waals surface area contributed by atoms with Gasteiger partial charge in [-0.15, -0.1) is 0 Å². The highest BCUT2D eigenvalue weighted by molar-refractivity contribution is 7.89. The molecule has 0 aromatic heterocycles. The van der Waals surface area contributed by atoms with Gasteiger partial charge in [0.05, 0.1) is 18.0 Å². The predicted octanol–water partition coefficient (Wildman–Crippen LogP) is 1.34. The Morgan fingerprint density at radius 3 is 2.23 bits per heavy atom. The normalized spacial score (nSPS) is 11.0. The van der Waals surface area contributed by atoms with Crippen LogP contribution in [0.4, 0.5) is 5.69 Å². The third kappa shape index (κ3) is 5.68. The average molecular weight is 375 g/mol. The summed E-state index contributed by atoms with van der Waals surface area (Å²) in [5.74, 6) is -0.998. The maximum absolute atomic E-state index is 12.2. The van der Waals surface area contributed by atoms with E-state index in [-0.39, 0.29) is 11.4 Å². The topological polar surface area (TPSA) is 104 Å². The van der Waals surface area contributed by atoms with E-state index in [1.54, 1.807) is 36.4 Å². The molecule has 0 saturated heterocycles. The van der Waals surface area contributed by atoms with Crippen LogP contribution in [0.15, 0.2) is 53.4 Å². The number of sulfonamides is 1. The molecule has 7 nitrogen and oxygen atoms in total. The molecule has 138 valence electrons. The second-order valence-electron chi connectivity index (χ2n) is 5.76. The molecule has 0 aliphatic rings. The van der Waals surface area contributed by atoms with Crippen LogP contribution in [0.5, 0.6) is 0 Å². The summed E-state index contributed by atoms with van der Waals surface area (Å²) in [5.41, 5.74) is 2.43. The summed E-state index contributed by atoms with van der Waals surface area (Å²) in [7, 11) is -3.79. The largest absolute Gasteiger partial charge is 0.346 e. The minimum absolute atomic E-state index is 0.0928. The number of benzene rings is 2. The lowest BCUT2D eigenvalue weighted by atomic mass is 10.1. The molecule has 2 amide bonds. The Labute approximate surface area is 152 Å². The first-order valence-electron chi connectivity index (χ1n) is 7.96. The van der Waals surface area contributed by atoms with Gasteiger partial charge in [0, 0.05) is 5.69 Å². The lowest BCUT2D eigenvalue weighted by molar-refractivity contribution is -0.123. The van der Waals surface area contributed by atoms with Gasteiger partial charge in [0.1, 0.15) is 0 Å². The van der Waals surface area contributed by atoms with Crippen LogP contribution in [0.1, 0.15) is 11.1 Å². The van der Waals surface area contributed by atoms with Crippen LogP contribution < -0.4 is 15.4 Å². The highest BCUT2D eigenvalue weighted by Crippen LogP contribution is 2.14. The third-order valence-corrected chi connectivity index (χ3v) is 5.11. The number of aryl methyl sites for hydroxylation is 2. The fraction of sp³-hybridized carbons (Fsp3) is 0.222. The zero-order valence-corrected chi connectivity index (χ0v) is 15.4. The van der Waals surface area contributed by atoms with Crippen molar-refractivity contribution >= 4 is 27.5 Å². The summed E-state index contributed by atoms with van der Waals surface area (Å²) in [6.45, 7) is 2.99. The molecule has 2 rings (SSSR count).